The average Bonchev–Trinajstić information content (AvgIpc) is 3.13. The third-order valence-electron chi connectivity index (χ3n) is 5.80. The van der Waals surface area contributed by atoms with Crippen molar-refractivity contribution in [2.75, 3.05) is 18.0 Å². The second kappa shape index (κ2) is 11.0. The van der Waals surface area contributed by atoms with Gasteiger partial charge >= 0.3 is 0 Å². The summed E-state index contributed by atoms with van der Waals surface area (Å²) in [4.78, 5) is 19.6. The fourth-order valence-corrected chi connectivity index (χ4v) is 4.39. The van der Waals surface area contributed by atoms with E-state index in [0.717, 1.165) is 42.1 Å². The van der Waals surface area contributed by atoms with E-state index in [1.165, 1.54) is 16.7 Å². The molecule has 3 rings (SSSR count). The van der Waals surface area contributed by atoms with Crippen molar-refractivity contribution < 1.29 is 4.79 Å². The van der Waals surface area contributed by atoms with E-state index < -0.39 is 0 Å². The lowest BCUT2D eigenvalue weighted by molar-refractivity contribution is -0.118. The zero-order valence-corrected chi connectivity index (χ0v) is 20.0. The lowest BCUT2D eigenvalue weighted by Gasteiger charge is -2.17. The molecule has 1 aliphatic heterocycles. The van der Waals surface area contributed by atoms with Crippen LogP contribution in [0.3, 0.4) is 0 Å². The molecule has 1 heterocycles. The summed E-state index contributed by atoms with van der Waals surface area (Å²) >= 11 is 12.4. The van der Waals surface area contributed by atoms with Gasteiger partial charge in [0.2, 0.25) is 5.91 Å². The Hall–Kier alpha value is -2.10. The van der Waals surface area contributed by atoms with Crippen LogP contribution in [0.4, 0.5) is 5.69 Å². The van der Waals surface area contributed by atoms with Crippen molar-refractivity contribution in [3.8, 4) is 0 Å². The van der Waals surface area contributed by atoms with Crippen LogP contribution in [0, 0.1) is 12.8 Å². The van der Waals surface area contributed by atoms with Crippen molar-refractivity contribution in [2.45, 2.75) is 46.5 Å². The third-order valence-corrected chi connectivity index (χ3v) is 6.27. The second-order valence-corrected chi connectivity index (χ2v) is 8.93. The van der Waals surface area contributed by atoms with E-state index in [2.05, 4.69) is 26.0 Å². The van der Waals surface area contributed by atoms with Gasteiger partial charge in [-0.2, -0.15) is 0 Å². The van der Waals surface area contributed by atoms with Crippen LogP contribution in [0.5, 0.6) is 0 Å². The Kier molecular flexibility index (Phi) is 8.34. The molecule has 1 unspecified atom stereocenters. The Morgan fingerprint density at radius 3 is 2.71 bits per heavy atom. The number of aliphatic imine (C=N–C) groups is 1. The Morgan fingerprint density at radius 1 is 1.19 bits per heavy atom. The molecule has 0 radical (unpaired) electrons. The largest absolute Gasteiger partial charge is 0.312 e. The van der Waals surface area contributed by atoms with Gasteiger partial charge in [-0.1, -0.05) is 54.8 Å². The summed E-state index contributed by atoms with van der Waals surface area (Å²) in [6.45, 7) is 7.62. The Morgan fingerprint density at radius 2 is 1.97 bits per heavy atom. The van der Waals surface area contributed by atoms with Crippen LogP contribution in [0.1, 0.15) is 50.7 Å². The molecule has 0 aromatic heterocycles. The zero-order valence-electron chi connectivity index (χ0n) is 18.5. The van der Waals surface area contributed by atoms with Crippen molar-refractivity contribution >= 4 is 46.1 Å². The summed E-state index contributed by atoms with van der Waals surface area (Å²) in [6, 6.07) is 13.5. The number of nitrogens with zero attached hydrogens (tertiary/aromatic N) is 2. The molecule has 0 N–H and O–H groups in total. The maximum Gasteiger partial charge on any atom is 0.235 e. The Labute approximate surface area is 195 Å². The maximum absolute atomic E-state index is 13.0. The predicted octanol–water partition coefficient (Wildman–Crippen LogP) is 7.39. The molecule has 2 aromatic carbocycles. The van der Waals surface area contributed by atoms with E-state index in [4.69, 9.17) is 28.2 Å². The molecule has 3 nitrogen and oxygen atoms in total. The SMILES string of the molecule is CCCC=C(CCN=C(C)C1CCN(c2cccc(Cl)c2)C1=O)c1cc(Cl)ccc1C. The van der Waals surface area contributed by atoms with Crippen LogP contribution in [0.15, 0.2) is 53.5 Å². The molecule has 2 aromatic rings. The van der Waals surface area contributed by atoms with E-state index >= 15 is 0 Å². The highest BCUT2D eigenvalue weighted by atomic mass is 35.5. The highest BCUT2D eigenvalue weighted by molar-refractivity contribution is 6.31. The second-order valence-electron chi connectivity index (χ2n) is 8.06. The number of amides is 1. The summed E-state index contributed by atoms with van der Waals surface area (Å²) in [7, 11) is 0. The van der Waals surface area contributed by atoms with Gasteiger partial charge in [-0.15, -0.1) is 0 Å². The molecular formula is C26H30Cl2N2O. The van der Waals surface area contributed by atoms with Gasteiger partial charge in [0.05, 0.1) is 5.92 Å². The Bertz CT molecular complexity index is 997. The lowest BCUT2D eigenvalue weighted by Crippen LogP contribution is -2.29. The molecule has 0 bridgehead atoms. The molecule has 5 heteroatoms. The summed E-state index contributed by atoms with van der Waals surface area (Å²) in [6.07, 6.45) is 6.04. The number of hydrogen-bond donors (Lipinski definition) is 0. The molecular weight excluding hydrogens is 427 g/mol. The van der Waals surface area contributed by atoms with Gasteiger partial charge in [0.25, 0.3) is 0 Å². The summed E-state index contributed by atoms with van der Waals surface area (Å²) in [5.41, 5.74) is 5.45. The number of aryl methyl sites for hydroxylation is 1. The standard InChI is InChI=1S/C26H30Cl2N2O/c1-4-5-7-20(25-17-22(28)11-10-18(25)2)12-14-29-19(3)24-13-15-30(26(24)31)23-9-6-8-21(27)16-23/h6-11,16-17,24H,4-5,12-15H2,1-3H3. The van der Waals surface area contributed by atoms with Gasteiger partial charge in [0.15, 0.2) is 0 Å². The first-order valence-electron chi connectivity index (χ1n) is 10.9. The number of anilines is 1. The summed E-state index contributed by atoms with van der Waals surface area (Å²) < 4.78 is 0. The first-order valence-corrected chi connectivity index (χ1v) is 11.7. The van der Waals surface area contributed by atoms with E-state index in [1.54, 1.807) is 0 Å². The van der Waals surface area contributed by atoms with Gasteiger partial charge < -0.3 is 4.90 Å². The topological polar surface area (TPSA) is 32.7 Å². The van der Waals surface area contributed by atoms with Gasteiger partial charge in [0.1, 0.15) is 0 Å². The normalized spacial score (nSPS) is 17.5. The number of halogens is 2. The van der Waals surface area contributed by atoms with Crippen LogP contribution in [-0.4, -0.2) is 24.7 Å². The third kappa shape index (κ3) is 5.99. The first-order chi connectivity index (χ1) is 14.9. The number of benzene rings is 2. The zero-order chi connectivity index (χ0) is 22.4. The molecule has 1 aliphatic rings. The molecule has 1 atom stereocenters. The fraction of sp³-hybridized carbons (Fsp3) is 0.385. The molecule has 0 saturated carbocycles. The van der Waals surface area contributed by atoms with Crippen LogP contribution in [0.25, 0.3) is 5.57 Å². The monoisotopic (exact) mass is 456 g/mol. The molecule has 164 valence electrons. The molecule has 1 amide bonds. The number of hydrogen-bond acceptors (Lipinski definition) is 2. The first kappa shape index (κ1) is 23.6. The minimum atomic E-state index is -0.157. The van der Waals surface area contributed by atoms with Crippen LogP contribution < -0.4 is 4.90 Å². The van der Waals surface area contributed by atoms with Crippen molar-refractivity contribution in [2.24, 2.45) is 10.9 Å². The van der Waals surface area contributed by atoms with Crippen molar-refractivity contribution in [1.82, 2.24) is 0 Å². The molecule has 0 spiro atoms. The minimum absolute atomic E-state index is 0.107. The van der Waals surface area contributed by atoms with E-state index in [-0.39, 0.29) is 11.8 Å². The molecule has 1 saturated heterocycles. The number of rotatable bonds is 8. The van der Waals surface area contributed by atoms with E-state index in [0.29, 0.717) is 18.1 Å². The van der Waals surface area contributed by atoms with Crippen LogP contribution in [-0.2, 0) is 4.79 Å². The summed E-state index contributed by atoms with van der Waals surface area (Å²) in [5, 5.41) is 1.39. The number of allylic oxidation sites excluding steroid dienone is 1. The average molecular weight is 457 g/mol. The van der Waals surface area contributed by atoms with Crippen molar-refractivity contribution in [3.63, 3.8) is 0 Å². The smallest absolute Gasteiger partial charge is 0.235 e. The highest BCUT2D eigenvalue weighted by Crippen LogP contribution is 2.29. The van der Waals surface area contributed by atoms with Crippen molar-refractivity contribution in [3.05, 3.63) is 69.7 Å². The fourth-order valence-electron chi connectivity index (χ4n) is 4.04. The molecule has 1 fully saturated rings. The molecule has 31 heavy (non-hydrogen) atoms. The molecule has 0 aliphatic carbocycles. The number of carbonyl (C=O) groups is 1. The van der Waals surface area contributed by atoms with Gasteiger partial charge in [-0.3, -0.25) is 9.79 Å². The van der Waals surface area contributed by atoms with E-state index in [1.807, 2.05) is 48.2 Å². The maximum atomic E-state index is 13.0. The summed E-state index contributed by atoms with van der Waals surface area (Å²) in [5.74, 6) is -0.0501. The van der Waals surface area contributed by atoms with Crippen LogP contribution in [0.2, 0.25) is 10.0 Å². The Balaban J connectivity index is 1.69. The number of unbranched alkanes of at least 4 members (excludes halogenated alkanes) is 1. The van der Waals surface area contributed by atoms with Gasteiger partial charge in [-0.05, 0) is 80.1 Å². The van der Waals surface area contributed by atoms with Gasteiger partial charge in [0, 0.05) is 34.5 Å². The quantitative estimate of drug-likeness (QED) is 0.381. The number of carbonyl (C=O) groups excluding carboxylic acids is 1. The van der Waals surface area contributed by atoms with Crippen molar-refractivity contribution in [1.29, 1.82) is 0 Å². The minimum Gasteiger partial charge on any atom is -0.312 e. The van der Waals surface area contributed by atoms with Gasteiger partial charge in [-0.25, -0.2) is 0 Å². The van der Waals surface area contributed by atoms with E-state index in [9.17, 15) is 4.79 Å². The predicted molar refractivity (Wildman–Crippen MR) is 134 cm³/mol. The van der Waals surface area contributed by atoms with Crippen LogP contribution >= 0.6 is 23.2 Å². The lowest BCUT2D eigenvalue weighted by atomic mass is 9.96. The highest BCUT2D eigenvalue weighted by Gasteiger charge is 2.34.